The zero-order chi connectivity index (χ0) is 47.4. The third kappa shape index (κ3) is 9.34. The van der Waals surface area contributed by atoms with Gasteiger partial charge < -0.3 is 4.74 Å². The number of ether oxygens (including phenoxy) is 1. The van der Waals surface area contributed by atoms with Gasteiger partial charge in [-0.1, -0.05) is 176 Å². The Bertz CT molecular complexity index is 3280. The van der Waals surface area contributed by atoms with Crippen LogP contribution in [-0.2, 0) is 31.9 Å². The van der Waals surface area contributed by atoms with Crippen LogP contribution in [0.4, 0.5) is 0 Å². The topological polar surface area (TPSA) is 39.9 Å². The third-order valence-electron chi connectivity index (χ3n) is 12.7. The van der Waals surface area contributed by atoms with Gasteiger partial charge in [-0.2, -0.15) is 7.11 Å². The summed E-state index contributed by atoms with van der Waals surface area (Å²) in [5.74, 6) is 0.486. The van der Waals surface area contributed by atoms with Gasteiger partial charge in [0.1, 0.15) is 5.82 Å². The fourth-order valence-electron chi connectivity index (χ4n) is 9.15. The number of rotatable bonds is 9. The van der Waals surface area contributed by atoms with Gasteiger partial charge in [0.2, 0.25) is 0 Å². The van der Waals surface area contributed by atoms with Crippen molar-refractivity contribution in [3.8, 4) is 78.6 Å². The Morgan fingerprint density at radius 2 is 1.25 bits per heavy atom. The molecule has 2 heterocycles. The molecule has 0 bridgehead atoms. The first-order valence-electron chi connectivity index (χ1n) is 23.4. The molecule has 0 radical (unpaired) electrons. The van der Waals surface area contributed by atoms with Crippen molar-refractivity contribution < 1.29 is 27.2 Å². The van der Waals surface area contributed by atoms with E-state index >= 15 is 0 Å². The second-order valence-corrected chi connectivity index (χ2v) is 19.9. The molecular weight excluding hydrogens is 998 g/mol. The minimum atomic E-state index is -0.903. The second kappa shape index (κ2) is 18.7. The van der Waals surface area contributed by atoms with Crippen molar-refractivity contribution in [3.05, 3.63) is 199 Å². The monoisotopic (exact) mass is 1060 g/mol. The predicted octanol–water partition coefficient (Wildman–Crippen LogP) is 16.7. The van der Waals surface area contributed by atoms with Gasteiger partial charge in [0.05, 0.1) is 28.0 Å². The average Bonchev–Trinajstić information content (AvgIpc) is 3.70. The van der Waals surface area contributed by atoms with Crippen LogP contribution >= 0.6 is 0 Å². The number of aryl methyl sites for hydroxylation is 2. The molecule has 0 fully saturated rings. The number of pyridine rings is 1. The van der Waals surface area contributed by atoms with Crippen molar-refractivity contribution in [2.75, 3.05) is 0 Å². The standard InChI is InChI=1S/C62H59N3O.Pt/c1-39(2)51-37-53(44-21-16-13-17-22-44)57(38-52(51)43-19-14-12-15-20-43)65-56-24-18-23-50(58(56)64-60(65)54-32-40(3)31-41(4)59(54)66-11)46-33-47(35-49(34-46)62(8,9)10)55-36-45(29-30-63-55)42-25-27-48(28-26-42)61(5,6)7;/h12-32,34-39H,11H2,1-10H3;/q-2;+2/i39D;. The van der Waals surface area contributed by atoms with Crippen molar-refractivity contribution in [2.45, 2.75) is 86.0 Å². The maximum absolute atomic E-state index is 9.47. The summed E-state index contributed by atoms with van der Waals surface area (Å²) >= 11 is 0. The van der Waals surface area contributed by atoms with E-state index in [2.05, 4.69) is 213 Å². The van der Waals surface area contributed by atoms with Crippen LogP contribution in [0.3, 0.4) is 0 Å². The smallest absolute Gasteiger partial charge is 0.665 e. The SMILES string of the molecule is [2H]C(C)(C)c1cc(-c2ccccc2)c(-n2c(-c3cc(C)cc(C)c3O[CH2-])nc3c(-c4[c-]c(-c5cc(-c6ccc(C(C)(C)C)cc6)ccn5)cc(C(C)(C)C)c4)cccc32)cc1-c1ccccc1.[Pt+2]. The fraction of sp³-hybridized carbons (Fsp3) is 0.210. The first-order chi connectivity index (χ1) is 31.9. The Hall–Kier alpha value is -6.35. The molecular formula is C62H59N3OPt. The van der Waals surface area contributed by atoms with Crippen LogP contribution in [-0.4, -0.2) is 14.5 Å². The minimum Gasteiger partial charge on any atom is -0.665 e. The predicted molar refractivity (Wildman–Crippen MR) is 277 cm³/mol. The van der Waals surface area contributed by atoms with E-state index in [0.717, 1.165) is 101 Å². The molecule has 5 heteroatoms. The molecule has 0 aliphatic heterocycles. The molecule has 0 aliphatic rings. The Morgan fingerprint density at radius 1 is 0.612 bits per heavy atom. The van der Waals surface area contributed by atoms with E-state index in [1.54, 1.807) is 0 Å². The molecule has 0 amide bonds. The molecule has 0 spiro atoms. The molecule has 67 heavy (non-hydrogen) atoms. The second-order valence-electron chi connectivity index (χ2n) is 19.9. The molecule has 9 aromatic rings. The van der Waals surface area contributed by atoms with Gasteiger partial charge in [-0.05, 0) is 111 Å². The van der Waals surface area contributed by atoms with E-state index in [1.807, 2.05) is 32.2 Å². The van der Waals surface area contributed by atoms with Crippen molar-refractivity contribution in [2.24, 2.45) is 0 Å². The van der Waals surface area contributed by atoms with E-state index in [0.29, 0.717) is 5.75 Å². The summed E-state index contributed by atoms with van der Waals surface area (Å²) in [6, 6.07) is 57.6. The van der Waals surface area contributed by atoms with E-state index in [4.69, 9.17) is 14.7 Å². The first-order valence-corrected chi connectivity index (χ1v) is 22.9. The molecule has 2 aromatic heterocycles. The third-order valence-corrected chi connectivity index (χ3v) is 12.7. The van der Waals surface area contributed by atoms with Crippen molar-refractivity contribution in [1.29, 1.82) is 0 Å². The van der Waals surface area contributed by atoms with Crippen LogP contribution < -0.4 is 4.74 Å². The fourth-order valence-corrected chi connectivity index (χ4v) is 9.15. The average molecular weight is 1060 g/mol. The van der Waals surface area contributed by atoms with Gasteiger partial charge in [-0.15, -0.1) is 29.3 Å². The van der Waals surface area contributed by atoms with Gasteiger partial charge in [-0.25, -0.2) is 4.98 Å². The number of benzene rings is 7. The van der Waals surface area contributed by atoms with Crippen molar-refractivity contribution in [1.82, 2.24) is 14.5 Å². The summed E-state index contributed by atoms with van der Waals surface area (Å²) in [5, 5.41) is 0. The molecule has 9 rings (SSSR count). The molecule has 0 saturated carbocycles. The zero-order valence-electron chi connectivity index (χ0n) is 41.3. The molecule has 7 aromatic carbocycles. The molecule has 338 valence electrons. The van der Waals surface area contributed by atoms with Crippen LogP contribution in [0.5, 0.6) is 5.75 Å². The summed E-state index contributed by atoms with van der Waals surface area (Å²) in [6.45, 7) is 21.6. The number of imidazole rings is 1. The first kappa shape index (κ1) is 45.8. The number of hydrogen-bond donors (Lipinski definition) is 0. The zero-order valence-corrected chi connectivity index (χ0v) is 42.6. The summed E-state index contributed by atoms with van der Waals surface area (Å²) < 4.78 is 17.8. The number of nitrogens with zero attached hydrogens (tertiary/aromatic N) is 3. The number of hydrogen-bond acceptors (Lipinski definition) is 3. The number of aromatic nitrogens is 3. The summed E-state index contributed by atoms with van der Waals surface area (Å²) in [4.78, 5) is 10.6. The Balaban J connectivity index is 0.00000625. The summed E-state index contributed by atoms with van der Waals surface area (Å²) in [7, 11) is 3.95. The van der Waals surface area contributed by atoms with E-state index in [1.165, 1.54) is 11.1 Å². The van der Waals surface area contributed by atoms with Crippen LogP contribution in [0.15, 0.2) is 158 Å². The van der Waals surface area contributed by atoms with Gasteiger partial charge in [0.15, 0.2) is 0 Å². The molecule has 0 atom stereocenters. The van der Waals surface area contributed by atoms with Crippen molar-refractivity contribution in [3.63, 3.8) is 0 Å². The molecule has 0 aliphatic carbocycles. The van der Waals surface area contributed by atoms with E-state index in [9.17, 15) is 1.37 Å². The van der Waals surface area contributed by atoms with Gasteiger partial charge in [0.25, 0.3) is 0 Å². The molecule has 0 N–H and O–H groups in total. The minimum absolute atomic E-state index is 0. The van der Waals surface area contributed by atoms with Gasteiger partial charge in [-0.3, -0.25) is 9.55 Å². The normalized spacial score (nSPS) is 12.2. The Kier molecular flexibility index (Phi) is 12.8. The molecule has 4 nitrogen and oxygen atoms in total. The van der Waals surface area contributed by atoms with Gasteiger partial charge in [0, 0.05) is 18.8 Å². The largest absolute Gasteiger partial charge is 2.00 e. The van der Waals surface area contributed by atoms with Crippen LogP contribution in [0, 0.1) is 27.0 Å². The van der Waals surface area contributed by atoms with Crippen LogP contribution in [0.25, 0.3) is 83.9 Å². The summed E-state index contributed by atoms with van der Waals surface area (Å²) in [6.07, 6.45) is 1.90. The van der Waals surface area contributed by atoms with Crippen LogP contribution in [0.2, 0.25) is 0 Å². The maximum Gasteiger partial charge on any atom is 2.00 e. The van der Waals surface area contributed by atoms with E-state index < -0.39 is 5.89 Å². The summed E-state index contributed by atoms with van der Waals surface area (Å²) in [5.41, 5.74) is 18.8. The number of para-hydroxylation sites is 1. The van der Waals surface area contributed by atoms with Crippen LogP contribution in [0.1, 0.15) is 90.5 Å². The quantitative estimate of drug-likeness (QED) is 0.135. The Morgan fingerprint density at radius 3 is 1.88 bits per heavy atom. The van der Waals surface area contributed by atoms with E-state index in [-0.39, 0.29) is 31.9 Å². The van der Waals surface area contributed by atoms with Gasteiger partial charge >= 0.3 is 21.1 Å². The molecule has 0 unspecified atom stereocenters. The number of fused-ring (bicyclic) bond motifs is 1. The maximum atomic E-state index is 9.47. The Labute approximate surface area is 413 Å². The molecule has 0 saturated heterocycles. The van der Waals surface area contributed by atoms with Crippen molar-refractivity contribution >= 4 is 11.0 Å².